The molecule has 164 valence electrons. The summed E-state index contributed by atoms with van der Waals surface area (Å²) < 4.78 is 0. The molecule has 0 fully saturated rings. The van der Waals surface area contributed by atoms with Gasteiger partial charge in [0.2, 0.25) is 0 Å². The van der Waals surface area contributed by atoms with Crippen LogP contribution in [0.3, 0.4) is 0 Å². The van der Waals surface area contributed by atoms with Crippen LogP contribution in [0.4, 0.5) is 11.4 Å². The highest BCUT2D eigenvalue weighted by Crippen LogP contribution is 2.38. The van der Waals surface area contributed by atoms with Crippen LogP contribution < -0.4 is 4.90 Å². The number of fused-ring (bicyclic) bond motifs is 1. The van der Waals surface area contributed by atoms with Crippen molar-refractivity contribution in [3.8, 4) is 0 Å². The molecule has 7 heteroatoms. The van der Waals surface area contributed by atoms with Gasteiger partial charge in [0.1, 0.15) is 5.70 Å². The Hall–Kier alpha value is -4.26. The molecule has 0 aromatic heterocycles. The monoisotopic (exact) mass is 439 g/mol. The van der Waals surface area contributed by atoms with Gasteiger partial charge in [-0.2, -0.15) is 0 Å². The van der Waals surface area contributed by atoms with Crippen molar-refractivity contribution >= 4 is 28.8 Å². The normalized spacial score (nSPS) is 15.4. The summed E-state index contributed by atoms with van der Waals surface area (Å²) in [5.41, 5.74) is 4.14. The summed E-state index contributed by atoms with van der Waals surface area (Å²) in [7, 11) is 0. The number of nitrogens with zero attached hydrogens (tertiary/aromatic N) is 3. The molecule has 0 bridgehead atoms. The third-order valence-corrected chi connectivity index (χ3v) is 6.13. The minimum atomic E-state index is -0.483. The topological polar surface area (TPSA) is 83.8 Å². The minimum Gasteiger partial charge on any atom is -0.336 e. The lowest BCUT2D eigenvalue weighted by molar-refractivity contribution is -0.384. The Balaban J connectivity index is 1.55. The van der Waals surface area contributed by atoms with Crippen LogP contribution >= 0.6 is 0 Å². The Bertz CT molecular complexity index is 1280. The van der Waals surface area contributed by atoms with Gasteiger partial charge in [-0.15, -0.1) is 0 Å². The summed E-state index contributed by atoms with van der Waals surface area (Å²) in [6, 6.07) is 23.4. The van der Waals surface area contributed by atoms with Gasteiger partial charge in [0.25, 0.3) is 17.5 Å². The van der Waals surface area contributed by atoms with Crippen LogP contribution in [0.1, 0.15) is 16.7 Å². The number of carbonyl (C=O) groups excluding carboxylic acids is 2. The number of non-ortho nitro benzene ring substituents is 1. The number of rotatable bonds is 6. The lowest BCUT2D eigenvalue weighted by Crippen LogP contribution is -2.36. The summed E-state index contributed by atoms with van der Waals surface area (Å²) >= 11 is 0. The summed E-state index contributed by atoms with van der Waals surface area (Å²) in [5.74, 6) is -0.704. The van der Waals surface area contributed by atoms with E-state index in [0.29, 0.717) is 29.8 Å². The number of amides is 2. The van der Waals surface area contributed by atoms with Gasteiger partial charge in [-0.1, -0.05) is 48.5 Å². The van der Waals surface area contributed by atoms with Gasteiger partial charge in [-0.25, -0.2) is 0 Å². The standard InChI is InChI=1S/C26H21N3O4/c30-25-23(20-10-12-21(13-11-20)29(32)33)24(27-17-15-19-8-4-5-9-22(19)27)26(31)28(25)16-14-18-6-2-1-3-7-18/h1-13H,14-17H2. The van der Waals surface area contributed by atoms with Crippen molar-refractivity contribution in [2.24, 2.45) is 0 Å². The molecule has 0 unspecified atom stereocenters. The number of benzene rings is 3. The Labute approximate surface area is 190 Å². The average molecular weight is 439 g/mol. The van der Waals surface area contributed by atoms with E-state index in [4.69, 9.17) is 0 Å². The Morgan fingerprint density at radius 1 is 0.848 bits per heavy atom. The first-order chi connectivity index (χ1) is 16.0. The van der Waals surface area contributed by atoms with Gasteiger partial charge < -0.3 is 4.90 Å². The number of imide groups is 1. The SMILES string of the molecule is O=C1C(c2ccc([N+](=O)[O-])cc2)=C(N2CCc3ccccc32)C(=O)N1CCc1ccccc1. The van der Waals surface area contributed by atoms with Gasteiger partial charge in [0.05, 0.1) is 10.5 Å². The summed E-state index contributed by atoms with van der Waals surface area (Å²) in [5, 5.41) is 11.1. The Morgan fingerprint density at radius 2 is 1.55 bits per heavy atom. The Kier molecular flexibility index (Phi) is 5.22. The number of nitro benzene ring substituents is 1. The molecule has 3 aromatic rings. The quantitative estimate of drug-likeness (QED) is 0.330. The molecule has 3 aromatic carbocycles. The van der Waals surface area contributed by atoms with E-state index in [9.17, 15) is 19.7 Å². The van der Waals surface area contributed by atoms with Gasteiger partial charge in [0.15, 0.2) is 0 Å². The number of hydrogen-bond acceptors (Lipinski definition) is 5. The van der Waals surface area contributed by atoms with Crippen LogP contribution in [0.15, 0.2) is 84.6 Å². The van der Waals surface area contributed by atoms with Crippen LogP contribution in [-0.4, -0.2) is 34.7 Å². The smallest absolute Gasteiger partial charge is 0.278 e. The molecule has 0 radical (unpaired) electrons. The zero-order valence-corrected chi connectivity index (χ0v) is 17.8. The fourth-order valence-electron chi connectivity index (χ4n) is 4.48. The highest BCUT2D eigenvalue weighted by atomic mass is 16.6. The first kappa shape index (κ1) is 20.6. The van der Waals surface area contributed by atoms with Crippen LogP contribution in [0, 0.1) is 10.1 Å². The molecule has 5 rings (SSSR count). The first-order valence-electron chi connectivity index (χ1n) is 10.8. The van der Waals surface area contributed by atoms with Gasteiger partial charge in [-0.3, -0.25) is 24.6 Å². The molecule has 0 atom stereocenters. The van der Waals surface area contributed by atoms with E-state index in [2.05, 4.69) is 0 Å². The van der Waals surface area contributed by atoms with Crippen LogP contribution in [0.25, 0.3) is 5.57 Å². The molecular formula is C26H21N3O4. The van der Waals surface area contributed by atoms with Crippen LogP contribution in [0.5, 0.6) is 0 Å². The summed E-state index contributed by atoms with van der Waals surface area (Å²) in [6.07, 6.45) is 1.33. The van der Waals surface area contributed by atoms with E-state index in [1.807, 2.05) is 59.5 Å². The summed E-state index contributed by atoms with van der Waals surface area (Å²) in [6.45, 7) is 0.855. The van der Waals surface area contributed by atoms with Crippen molar-refractivity contribution in [2.75, 3.05) is 18.0 Å². The number of anilines is 1. The third-order valence-electron chi connectivity index (χ3n) is 6.13. The molecule has 0 saturated carbocycles. The Morgan fingerprint density at radius 3 is 2.27 bits per heavy atom. The maximum absolute atomic E-state index is 13.6. The van der Waals surface area contributed by atoms with Crippen molar-refractivity contribution in [3.05, 3.63) is 111 Å². The maximum Gasteiger partial charge on any atom is 0.278 e. The highest BCUT2D eigenvalue weighted by molar-refractivity contribution is 6.36. The van der Waals surface area contributed by atoms with Crippen molar-refractivity contribution in [3.63, 3.8) is 0 Å². The number of carbonyl (C=O) groups is 2. The molecule has 0 spiro atoms. The maximum atomic E-state index is 13.6. The second kappa shape index (κ2) is 8.35. The van der Waals surface area contributed by atoms with Crippen molar-refractivity contribution in [1.29, 1.82) is 0 Å². The molecule has 33 heavy (non-hydrogen) atoms. The van der Waals surface area contributed by atoms with E-state index in [0.717, 1.165) is 23.2 Å². The van der Waals surface area contributed by atoms with Crippen LogP contribution in [0.2, 0.25) is 0 Å². The zero-order chi connectivity index (χ0) is 22.9. The number of para-hydroxylation sites is 1. The molecule has 0 saturated heterocycles. The van der Waals surface area contributed by atoms with Crippen molar-refractivity contribution in [2.45, 2.75) is 12.8 Å². The molecule has 7 nitrogen and oxygen atoms in total. The predicted molar refractivity (Wildman–Crippen MR) is 124 cm³/mol. The fourth-order valence-corrected chi connectivity index (χ4v) is 4.48. The van der Waals surface area contributed by atoms with E-state index < -0.39 is 4.92 Å². The van der Waals surface area contributed by atoms with Gasteiger partial charge in [-0.05, 0) is 47.7 Å². The molecule has 2 aliphatic heterocycles. The van der Waals surface area contributed by atoms with E-state index >= 15 is 0 Å². The van der Waals surface area contributed by atoms with Gasteiger partial charge >= 0.3 is 0 Å². The van der Waals surface area contributed by atoms with E-state index in [-0.39, 0.29) is 24.0 Å². The fraction of sp³-hybridized carbons (Fsp3) is 0.154. The number of nitro groups is 1. The molecule has 2 amide bonds. The second-order valence-electron chi connectivity index (χ2n) is 8.06. The van der Waals surface area contributed by atoms with E-state index in [1.54, 1.807) is 12.1 Å². The third kappa shape index (κ3) is 3.67. The molecule has 2 heterocycles. The zero-order valence-electron chi connectivity index (χ0n) is 17.8. The highest BCUT2D eigenvalue weighted by Gasteiger charge is 2.43. The second-order valence-corrected chi connectivity index (χ2v) is 8.06. The lowest BCUT2D eigenvalue weighted by Gasteiger charge is -2.21. The first-order valence-corrected chi connectivity index (χ1v) is 10.8. The molecule has 0 aliphatic carbocycles. The number of hydrogen-bond donors (Lipinski definition) is 0. The van der Waals surface area contributed by atoms with Gasteiger partial charge in [0, 0.05) is 30.9 Å². The largest absolute Gasteiger partial charge is 0.336 e. The summed E-state index contributed by atoms with van der Waals surface area (Å²) in [4.78, 5) is 40.9. The molecule has 2 aliphatic rings. The van der Waals surface area contributed by atoms with Crippen molar-refractivity contribution < 1.29 is 14.5 Å². The minimum absolute atomic E-state index is 0.0647. The molecule has 0 N–H and O–H groups in total. The van der Waals surface area contributed by atoms with Crippen molar-refractivity contribution in [1.82, 2.24) is 4.90 Å². The van der Waals surface area contributed by atoms with E-state index in [1.165, 1.54) is 17.0 Å². The van der Waals surface area contributed by atoms with Crippen LogP contribution in [-0.2, 0) is 22.4 Å². The average Bonchev–Trinajstić information content (AvgIpc) is 3.36. The predicted octanol–water partition coefficient (Wildman–Crippen LogP) is 3.98. The lowest BCUT2D eigenvalue weighted by atomic mass is 10.0. The molecular weight excluding hydrogens is 418 g/mol.